The van der Waals surface area contributed by atoms with Crippen molar-refractivity contribution in [3.63, 3.8) is 0 Å². The normalized spacial score (nSPS) is 10.9. The van der Waals surface area contributed by atoms with Gasteiger partial charge >= 0.3 is 0 Å². The first kappa shape index (κ1) is 13.9. The molecule has 0 aliphatic heterocycles. The molecule has 3 nitrogen and oxygen atoms in total. The van der Waals surface area contributed by atoms with Crippen molar-refractivity contribution in [3.8, 4) is 5.75 Å². The van der Waals surface area contributed by atoms with E-state index in [1.165, 1.54) is 6.07 Å². The molecule has 17 heavy (non-hydrogen) atoms. The van der Waals surface area contributed by atoms with Gasteiger partial charge in [-0.3, -0.25) is 0 Å². The Hall–Kier alpha value is -1.13. The van der Waals surface area contributed by atoms with E-state index in [0.717, 1.165) is 13.1 Å². The highest BCUT2D eigenvalue weighted by Crippen LogP contribution is 2.20. The Morgan fingerprint density at radius 3 is 2.71 bits per heavy atom. The summed E-state index contributed by atoms with van der Waals surface area (Å²) in [6.45, 7) is 6.35. The second-order valence-electron chi connectivity index (χ2n) is 4.21. The van der Waals surface area contributed by atoms with Crippen molar-refractivity contribution in [1.82, 2.24) is 10.6 Å². The molecular weight excluding hydrogens is 219 g/mol. The van der Waals surface area contributed by atoms with Crippen LogP contribution in [0.3, 0.4) is 0 Å². The summed E-state index contributed by atoms with van der Waals surface area (Å²) >= 11 is 0. The molecule has 0 bridgehead atoms. The molecule has 0 aliphatic carbocycles. The van der Waals surface area contributed by atoms with Gasteiger partial charge in [-0.15, -0.1) is 0 Å². The number of ether oxygens (including phenoxy) is 1. The van der Waals surface area contributed by atoms with Crippen molar-refractivity contribution in [1.29, 1.82) is 0 Å². The predicted molar refractivity (Wildman–Crippen MR) is 67.8 cm³/mol. The Morgan fingerprint density at radius 1 is 1.29 bits per heavy atom. The maximum atomic E-state index is 13.5. The Labute approximate surface area is 102 Å². The summed E-state index contributed by atoms with van der Waals surface area (Å²) < 4.78 is 18.7. The Morgan fingerprint density at radius 2 is 2.06 bits per heavy atom. The van der Waals surface area contributed by atoms with E-state index >= 15 is 0 Å². The molecule has 0 amide bonds. The van der Waals surface area contributed by atoms with Crippen molar-refractivity contribution in [3.05, 3.63) is 29.6 Å². The van der Waals surface area contributed by atoms with E-state index in [9.17, 15) is 4.39 Å². The number of halogens is 1. The fourth-order valence-electron chi connectivity index (χ4n) is 1.56. The Bertz CT molecular complexity index is 342. The third kappa shape index (κ3) is 4.71. The highest BCUT2D eigenvalue weighted by Gasteiger charge is 2.07. The van der Waals surface area contributed by atoms with Crippen molar-refractivity contribution < 1.29 is 9.13 Å². The lowest BCUT2D eigenvalue weighted by atomic mass is 10.2. The van der Waals surface area contributed by atoms with Crippen LogP contribution in [0.4, 0.5) is 4.39 Å². The maximum absolute atomic E-state index is 13.5. The molecule has 96 valence electrons. The van der Waals surface area contributed by atoms with E-state index in [-0.39, 0.29) is 5.82 Å². The van der Waals surface area contributed by atoms with E-state index in [0.29, 0.717) is 23.9 Å². The van der Waals surface area contributed by atoms with Gasteiger partial charge < -0.3 is 15.4 Å². The van der Waals surface area contributed by atoms with Crippen LogP contribution in [0, 0.1) is 5.82 Å². The molecule has 0 saturated carbocycles. The van der Waals surface area contributed by atoms with E-state index in [4.69, 9.17) is 4.74 Å². The van der Waals surface area contributed by atoms with E-state index in [1.54, 1.807) is 19.2 Å². The molecule has 0 heterocycles. The molecule has 2 N–H and O–H groups in total. The highest BCUT2D eigenvalue weighted by molar-refractivity contribution is 5.34. The third-order valence-electron chi connectivity index (χ3n) is 2.45. The van der Waals surface area contributed by atoms with Gasteiger partial charge in [-0.1, -0.05) is 19.9 Å². The number of methoxy groups -OCH3 is 1. The summed E-state index contributed by atoms with van der Waals surface area (Å²) in [5.41, 5.74) is 0.583. The van der Waals surface area contributed by atoms with Crippen LogP contribution < -0.4 is 15.4 Å². The standard InChI is InChI=1S/C13H21FN2O/c1-10(2)16-8-7-15-9-11-12(14)5-4-6-13(11)17-3/h4-6,10,15-16H,7-9H2,1-3H3. The number of benzene rings is 1. The third-order valence-corrected chi connectivity index (χ3v) is 2.45. The van der Waals surface area contributed by atoms with Gasteiger partial charge in [-0.05, 0) is 12.1 Å². The Kier molecular flexibility index (Phi) is 5.94. The molecule has 0 aliphatic rings. The first-order valence-corrected chi connectivity index (χ1v) is 5.90. The number of hydrogen-bond donors (Lipinski definition) is 2. The molecule has 1 aromatic rings. The number of hydrogen-bond acceptors (Lipinski definition) is 3. The summed E-state index contributed by atoms with van der Waals surface area (Å²) in [5, 5.41) is 6.48. The summed E-state index contributed by atoms with van der Waals surface area (Å²) in [6, 6.07) is 5.34. The Balaban J connectivity index is 2.40. The second kappa shape index (κ2) is 7.25. The first-order chi connectivity index (χ1) is 8.15. The topological polar surface area (TPSA) is 33.3 Å². The van der Waals surface area contributed by atoms with Crippen LogP contribution in [0.2, 0.25) is 0 Å². The maximum Gasteiger partial charge on any atom is 0.131 e. The first-order valence-electron chi connectivity index (χ1n) is 5.90. The molecular formula is C13H21FN2O. The number of rotatable bonds is 7. The van der Waals surface area contributed by atoms with Crippen LogP contribution in [0.5, 0.6) is 5.75 Å². The molecule has 0 spiro atoms. The van der Waals surface area contributed by atoms with Crippen LogP contribution in [-0.2, 0) is 6.54 Å². The van der Waals surface area contributed by atoms with Crippen LogP contribution in [0.15, 0.2) is 18.2 Å². The summed E-state index contributed by atoms with van der Waals surface area (Å²) in [7, 11) is 1.55. The lowest BCUT2D eigenvalue weighted by Crippen LogP contribution is -2.31. The van der Waals surface area contributed by atoms with Crippen molar-refractivity contribution in [2.24, 2.45) is 0 Å². The average Bonchev–Trinajstić information content (AvgIpc) is 2.30. The minimum atomic E-state index is -0.228. The summed E-state index contributed by atoms with van der Waals surface area (Å²) in [6.07, 6.45) is 0. The predicted octanol–water partition coefficient (Wildman–Crippen LogP) is 1.92. The van der Waals surface area contributed by atoms with E-state index in [2.05, 4.69) is 24.5 Å². The minimum Gasteiger partial charge on any atom is -0.496 e. The zero-order valence-electron chi connectivity index (χ0n) is 10.7. The zero-order chi connectivity index (χ0) is 12.7. The van der Waals surface area contributed by atoms with Gasteiger partial charge in [0, 0.05) is 31.2 Å². The molecule has 0 radical (unpaired) electrons. The van der Waals surface area contributed by atoms with Gasteiger partial charge in [0.05, 0.1) is 7.11 Å². The monoisotopic (exact) mass is 240 g/mol. The molecule has 0 saturated heterocycles. The van der Waals surface area contributed by atoms with E-state index in [1.807, 2.05) is 0 Å². The van der Waals surface area contributed by atoms with Gasteiger partial charge in [0.25, 0.3) is 0 Å². The fraction of sp³-hybridized carbons (Fsp3) is 0.538. The fourth-order valence-corrected chi connectivity index (χ4v) is 1.56. The zero-order valence-corrected chi connectivity index (χ0v) is 10.7. The molecule has 0 unspecified atom stereocenters. The minimum absolute atomic E-state index is 0.228. The van der Waals surface area contributed by atoms with Crippen molar-refractivity contribution >= 4 is 0 Å². The lowest BCUT2D eigenvalue weighted by molar-refractivity contribution is 0.401. The average molecular weight is 240 g/mol. The molecule has 0 atom stereocenters. The highest BCUT2D eigenvalue weighted by atomic mass is 19.1. The molecule has 0 fully saturated rings. The largest absolute Gasteiger partial charge is 0.496 e. The summed E-state index contributed by atoms with van der Waals surface area (Å²) in [5.74, 6) is 0.364. The molecule has 0 aromatic heterocycles. The van der Waals surface area contributed by atoms with Crippen molar-refractivity contribution in [2.75, 3.05) is 20.2 Å². The van der Waals surface area contributed by atoms with Crippen LogP contribution >= 0.6 is 0 Å². The number of nitrogens with one attached hydrogen (secondary N) is 2. The molecule has 1 rings (SSSR count). The van der Waals surface area contributed by atoms with Crippen LogP contribution in [0.25, 0.3) is 0 Å². The SMILES string of the molecule is COc1cccc(F)c1CNCCNC(C)C. The van der Waals surface area contributed by atoms with E-state index < -0.39 is 0 Å². The van der Waals surface area contributed by atoms with Crippen LogP contribution in [0.1, 0.15) is 19.4 Å². The van der Waals surface area contributed by atoms with Gasteiger partial charge in [0.2, 0.25) is 0 Å². The summed E-state index contributed by atoms with van der Waals surface area (Å²) in [4.78, 5) is 0. The van der Waals surface area contributed by atoms with Crippen LogP contribution in [-0.4, -0.2) is 26.2 Å². The molecule has 1 aromatic carbocycles. The smallest absolute Gasteiger partial charge is 0.131 e. The second-order valence-corrected chi connectivity index (χ2v) is 4.21. The molecule has 4 heteroatoms. The van der Waals surface area contributed by atoms with Gasteiger partial charge in [0.1, 0.15) is 11.6 Å². The lowest BCUT2D eigenvalue weighted by Gasteiger charge is -2.12. The van der Waals surface area contributed by atoms with Crippen molar-refractivity contribution in [2.45, 2.75) is 26.4 Å². The van der Waals surface area contributed by atoms with Gasteiger partial charge in [-0.2, -0.15) is 0 Å². The quantitative estimate of drug-likeness (QED) is 0.714. The van der Waals surface area contributed by atoms with Gasteiger partial charge in [-0.25, -0.2) is 4.39 Å². The van der Waals surface area contributed by atoms with Gasteiger partial charge in [0.15, 0.2) is 0 Å².